The third-order valence-electron chi connectivity index (χ3n) is 3.29. The van der Waals surface area contributed by atoms with Crippen LogP contribution in [0.5, 0.6) is 0 Å². The predicted molar refractivity (Wildman–Crippen MR) is 72.1 cm³/mol. The largest absolute Gasteiger partial charge is 0.312 e. The van der Waals surface area contributed by atoms with E-state index < -0.39 is 0 Å². The first-order chi connectivity index (χ1) is 8.27. The molecule has 1 heterocycles. The maximum atomic E-state index is 3.52. The van der Waals surface area contributed by atoms with Gasteiger partial charge in [-0.05, 0) is 43.8 Å². The van der Waals surface area contributed by atoms with Crippen molar-refractivity contribution >= 4 is 0 Å². The van der Waals surface area contributed by atoms with Gasteiger partial charge in [-0.15, -0.1) is 0 Å². The Morgan fingerprint density at radius 3 is 3.06 bits per heavy atom. The summed E-state index contributed by atoms with van der Waals surface area (Å²) in [4.78, 5) is 2.21. The molecule has 3 heteroatoms. The molecular weight excluding hydrogens is 210 g/mol. The van der Waals surface area contributed by atoms with E-state index in [1.165, 1.54) is 17.5 Å². The number of nitrogens with one attached hydrogen (secondary N) is 2. The summed E-state index contributed by atoms with van der Waals surface area (Å²) in [5.74, 6) is 0. The highest BCUT2D eigenvalue weighted by molar-refractivity contribution is 5.36. The summed E-state index contributed by atoms with van der Waals surface area (Å²) in [6.07, 6.45) is 1.17. The lowest BCUT2D eigenvalue weighted by Crippen LogP contribution is -2.28. The second kappa shape index (κ2) is 6.15. The zero-order valence-corrected chi connectivity index (χ0v) is 10.9. The van der Waals surface area contributed by atoms with Crippen molar-refractivity contribution in [1.82, 2.24) is 15.5 Å². The molecule has 2 N–H and O–H groups in total. The molecule has 0 atom stereocenters. The number of nitrogens with zero attached hydrogens (tertiary/aromatic N) is 1. The Bertz CT molecular complexity index is 360. The molecule has 3 nitrogen and oxygen atoms in total. The fourth-order valence-corrected chi connectivity index (χ4v) is 2.30. The molecule has 17 heavy (non-hydrogen) atoms. The molecule has 94 valence electrons. The summed E-state index contributed by atoms with van der Waals surface area (Å²) in [7, 11) is 4.22. The summed E-state index contributed by atoms with van der Waals surface area (Å²) in [5.41, 5.74) is 4.51. The molecule has 1 aromatic carbocycles. The van der Waals surface area contributed by atoms with Crippen molar-refractivity contribution in [1.29, 1.82) is 0 Å². The zero-order valence-electron chi connectivity index (χ0n) is 10.9. The molecule has 0 aliphatic carbocycles. The van der Waals surface area contributed by atoms with Crippen molar-refractivity contribution in [3.8, 4) is 0 Å². The minimum absolute atomic E-state index is 0.997. The molecule has 0 saturated heterocycles. The Kier molecular flexibility index (Phi) is 4.54. The maximum absolute atomic E-state index is 3.52. The van der Waals surface area contributed by atoms with Gasteiger partial charge in [0.05, 0.1) is 0 Å². The van der Waals surface area contributed by atoms with Gasteiger partial charge in [0.15, 0.2) is 0 Å². The number of hydrogen-bond donors (Lipinski definition) is 2. The number of fused-ring (bicyclic) bond motifs is 1. The molecule has 1 aliphatic heterocycles. The third kappa shape index (κ3) is 3.53. The molecule has 0 radical (unpaired) electrons. The molecule has 0 unspecified atom stereocenters. The highest BCUT2D eigenvalue weighted by atomic mass is 15.1. The van der Waals surface area contributed by atoms with Crippen LogP contribution in [0.1, 0.15) is 16.7 Å². The monoisotopic (exact) mass is 233 g/mol. The highest BCUT2D eigenvalue weighted by Gasteiger charge is 2.11. The van der Waals surface area contributed by atoms with E-state index in [9.17, 15) is 0 Å². The quantitative estimate of drug-likeness (QED) is 0.743. The van der Waals surface area contributed by atoms with E-state index in [1.54, 1.807) is 5.56 Å². The number of likely N-dealkylation sites (N-methyl/N-ethyl adjacent to an activating group) is 1. The Morgan fingerprint density at radius 2 is 2.24 bits per heavy atom. The van der Waals surface area contributed by atoms with E-state index >= 15 is 0 Å². The maximum Gasteiger partial charge on any atom is 0.0208 e. The van der Waals surface area contributed by atoms with Crippen LogP contribution in [0.2, 0.25) is 0 Å². The number of benzene rings is 1. The minimum Gasteiger partial charge on any atom is -0.312 e. The predicted octanol–water partition coefficient (Wildman–Crippen LogP) is 0.983. The van der Waals surface area contributed by atoms with Crippen LogP contribution in [-0.4, -0.2) is 38.6 Å². The number of rotatable bonds is 5. The standard InChI is InChI=1S/C14H23N3/c1-17(2)9-8-16-11-13-5-3-4-12-10-15-7-6-14(12)13/h3-5,15-16H,6-11H2,1-2H3. The van der Waals surface area contributed by atoms with Crippen LogP contribution >= 0.6 is 0 Å². The molecule has 0 amide bonds. The molecule has 1 aliphatic rings. The molecular formula is C14H23N3. The van der Waals surface area contributed by atoms with Crippen LogP contribution in [0.25, 0.3) is 0 Å². The first-order valence-corrected chi connectivity index (χ1v) is 6.43. The highest BCUT2D eigenvalue weighted by Crippen LogP contribution is 2.18. The van der Waals surface area contributed by atoms with Gasteiger partial charge in [-0.3, -0.25) is 0 Å². The van der Waals surface area contributed by atoms with Crippen molar-refractivity contribution in [2.24, 2.45) is 0 Å². The summed E-state index contributed by atoms with van der Waals surface area (Å²) < 4.78 is 0. The lowest BCUT2D eigenvalue weighted by Gasteiger charge is -2.20. The van der Waals surface area contributed by atoms with Gasteiger partial charge in [0.25, 0.3) is 0 Å². The van der Waals surface area contributed by atoms with Gasteiger partial charge in [0.1, 0.15) is 0 Å². The van der Waals surface area contributed by atoms with Crippen LogP contribution in [0.4, 0.5) is 0 Å². The van der Waals surface area contributed by atoms with E-state index in [2.05, 4.69) is 47.8 Å². The normalized spacial score (nSPS) is 15.0. The van der Waals surface area contributed by atoms with Gasteiger partial charge in [0.2, 0.25) is 0 Å². The Labute approximate surface area is 104 Å². The SMILES string of the molecule is CN(C)CCNCc1cccc2c1CCNC2. The Hall–Kier alpha value is -0.900. The molecule has 0 fully saturated rings. The van der Waals surface area contributed by atoms with Crippen molar-refractivity contribution in [3.63, 3.8) is 0 Å². The van der Waals surface area contributed by atoms with E-state index in [4.69, 9.17) is 0 Å². The van der Waals surface area contributed by atoms with E-state index in [0.29, 0.717) is 0 Å². The van der Waals surface area contributed by atoms with Crippen molar-refractivity contribution in [3.05, 3.63) is 34.9 Å². The van der Waals surface area contributed by atoms with Gasteiger partial charge in [-0.1, -0.05) is 18.2 Å². The Morgan fingerprint density at radius 1 is 1.35 bits per heavy atom. The van der Waals surface area contributed by atoms with Gasteiger partial charge in [-0.25, -0.2) is 0 Å². The first-order valence-electron chi connectivity index (χ1n) is 6.43. The molecule has 1 aromatic rings. The van der Waals surface area contributed by atoms with Gasteiger partial charge in [-0.2, -0.15) is 0 Å². The lowest BCUT2D eigenvalue weighted by molar-refractivity contribution is 0.399. The van der Waals surface area contributed by atoms with E-state index in [-0.39, 0.29) is 0 Å². The van der Waals surface area contributed by atoms with E-state index in [0.717, 1.165) is 32.7 Å². The van der Waals surface area contributed by atoms with Crippen LogP contribution in [-0.2, 0) is 19.5 Å². The van der Waals surface area contributed by atoms with Crippen LogP contribution in [0, 0.1) is 0 Å². The van der Waals surface area contributed by atoms with Gasteiger partial charge >= 0.3 is 0 Å². The van der Waals surface area contributed by atoms with Crippen LogP contribution in [0.3, 0.4) is 0 Å². The second-order valence-corrected chi connectivity index (χ2v) is 4.96. The van der Waals surface area contributed by atoms with Gasteiger partial charge in [0, 0.05) is 26.2 Å². The Balaban J connectivity index is 1.92. The first kappa shape index (κ1) is 12.6. The van der Waals surface area contributed by atoms with Crippen LogP contribution in [0.15, 0.2) is 18.2 Å². The van der Waals surface area contributed by atoms with Gasteiger partial charge < -0.3 is 15.5 Å². The molecule has 2 rings (SSSR count). The van der Waals surface area contributed by atoms with Crippen molar-refractivity contribution in [2.45, 2.75) is 19.5 Å². The summed E-state index contributed by atoms with van der Waals surface area (Å²) in [5, 5.41) is 6.94. The molecule has 0 aromatic heterocycles. The molecule has 0 spiro atoms. The summed E-state index contributed by atoms with van der Waals surface area (Å²) in [6.45, 7) is 5.28. The topological polar surface area (TPSA) is 27.3 Å². The average Bonchev–Trinajstić information content (AvgIpc) is 2.34. The third-order valence-corrected chi connectivity index (χ3v) is 3.29. The number of hydrogen-bond acceptors (Lipinski definition) is 3. The van der Waals surface area contributed by atoms with E-state index in [1.807, 2.05) is 0 Å². The van der Waals surface area contributed by atoms with Crippen molar-refractivity contribution in [2.75, 3.05) is 33.7 Å². The summed E-state index contributed by atoms with van der Waals surface area (Å²) in [6, 6.07) is 6.67. The minimum atomic E-state index is 0.997. The molecule has 0 saturated carbocycles. The molecule has 0 bridgehead atoms. The second-order valence-electron chi connectivity index (χ2n) is 4.96. The van der Waals surface area contributed by atoms with Crippen molar-refractivity contribution < 1.29 is 0 Å². The smallest absolute Gasteiger partial charge is 0.0208 e. The van der Waals surface area contributed by atoms with Crippen LogP contribution < -0.4 is 10.6 Å². The lowest BCUT2D eigenvalue weighted by atomic mass is 9.95. The fourth-order valence-electron chi connectivity index (χ4n) is 2.30. The zero-order chi connectivity index (χ0) is 12.1. The summed E-state index contributed by atoms with van der Waals surface area (Å²) >= 11 is 0. The fraction of sp³-hybridized carbons (Fsp3) is 0.571. The average molecular weight is 233 g/mol.